The third-order valence-electron chi connectivity index (χ3n) is 11.9. The Kier molecular flexibility index (Phi) is 12.8. The van der Waals surface area contributed by atoms with Gasteiger partial charge in [0.15, 0.2) is 0 Å². The molecule has 0 spiro atoms. The van der Waals surface area contributed by atoms with Crippen molar-refractivity contribution in [3.05, 3.63) is 83.1 Å². The van der Waals surface area contributed by atoms with Crippen molar-refractivity contribution in [3.8, 4) is 17.2 Å². The Labute approximate surface area is 365 Å². The molecule has 61 heavy (non-hydrogen) atoms. The van der Waals surface area contributed by atoms with Crippen molar-refractivity contribution in [3.63, 3.8) is 0 Å². The fraction of sp³-hybridized carbons (Fsp3) is 0.551. The lowest BCUT2D eigenvalue weighted by molar-refractivity contribution is -0.209. The van der Waals surface area contributed by atoms with E-state index in [4.69, 9.17) is 45.4 Å². The molecule has 1 aliphatic heterocycles. The molecule has 334 valence electrons. The normalized spacial score (nSPS) is 20.0. The minimum absolute atomic E-state index is 0.220. The van der Waals surface area contributed by atoms with E-state index in [2.05, 4.69) is 103 Å². The van der Waals surface area contributed by atoms with Gasteiger partial charge in [0.05, 0.1) is 47.1 Å². The molecule has 12 heteroatoms. The molecule has 0 saturated carbocycles. The molecular weight excluding hydrogens is 810 g/mol. The Morgan fingerprint density at radius 1 is 0.590 bits per heavy atom. The molecule has 1 unspecified atom stereocenters. The van der Waals surface area contributed by atoms with E-state index in [0.717, 1.165) is 27.5 Å². The van der Waals surface area contributed by atoms with Gasteiger partial charge in [-0.1, -0.05) is 109 Å². The van der Waals surface area contributed by atoms with Gasteiger partial charge in [0.1, 0.15) is 34.2 Å². The van der Waals surface area contributed by atoms with Crippen molar-refractivity contribution in [1.29, 1.82) is 0 Å². The average molecular weight is 879 g/mol. The highest BCUT2D eigenvalue weighted by Gasteiger charge is 2.70. The summed E-state index contributed by atoms with van der Waals surface area (Å²) in [6, 6.07) is 16.0. The summed E-state index contributed by atoms with van der Waals surface area (Å²) in [6.07, 6.45) is 4.14. The first kappa shape index (κ1) is 47.0. The van der Waals surface area contributed by atoms with E-state index in [0.29, 0.717) is 53.0 Å². The van der Waals surface area contributed by atoms with Crippen molar-refractivity contribution in [2.24, 2.45) is 21.7 Å². The summed E-state index contributed by atoms with van der Waals surface area (Å²) in [6.45, 7) is 31.3. The molecule has 0 amide bonds. The first-order valence-electron chi connectivity index (χ1n) is 20.9. The van der Waals surface area contributed by atoms with Crippen LogP contribution in [-0.2, 0) is 29.1 Å². The highest BCUT2D eigenvalue weighted by molar-refractivity contribution is 7.41. The molecule has 3 aromatic carbocycles. The summed E-state index contributed by atoms with van der Waals surface area (Å²) in [5.74, 6) is 0.980. The Morgan fingerprint density at radius 2 is 1.08 bits per heavy atom. The predicted octanol–water partition coefficient (Wildman–Crippen LogP) is 14.1. The molecule has 4 aromatic rings. The number of ether oxygens (including phenoxy) is 4. The smallest absolute Gasteiger partial charge is 0.390 e. The van der Waals surface area contributed by atoms with Crippen LogP contribution in [0.2, 0.25) is 0 Å². The number of hydrogen-bond acceptors (Lipinski definition) is 10. The molecule has 1 aliphatic carbocycles. The molecule has 10 nitrogen and oxygen atoms in total. The van der Waals surface area contributed by atoms with Gasteiger partial charge in [0, 0.05) is 32.9 Å². The van der Waals surface area contributed by atoms with Gasteiger partial charge in [-0.2, -0.15) is 0 Å². The van der Waals surface area contributed by atoms with Crippen LogP contribution in [0.5, 0.6) is 17.2 Å². The Bertz CT molecular complexity index is 2260. The summed E-state index contributed by atoms with van der Waals surface area (Å²) in [4.78, 5) is 0. The first-order chi connectivity index (χ1) is 28.2. The lowest BCUT2D eigenvalue weighted by Crippen LogP contribution is -2.65. The van der Waals surface area contributed by atoms with Crippen LogP contribution in [0.3, 0.4) is 0 Å². The average Bonchev–Trinajstić information content (AvgIpc) is 3.32. The SMILES string of the molecule is COC1=CC(C(C)(C)C)(C(C)(C)C)C(OP2OCC(C)(C)CO2)(Op2oc3c(C(C)(C)C)cc(OC)cc3c3cc(OC)cc(C(C)(C)C)c3o2)C(c2cccc(OC)c2)=C1. The van der Waals surface area contributed by atoms with Gasteiger partial charge >= 0.3 is 16.8 Å². The van der Waals surface area contributed by atoms with Crippen molar-refractivity contribution in [2.45, 2.75) is 114 Å². The second-order valence-electron chi connectivity index (χ2n) is 21.1. The summed E-state index contributed by atoms with van der Waals surface area (Å²) in [5, 5.41) is 1.59. The number of fused-ring (bicyclic) bond motifs is 3. The number of benzene rings is 3. The highest BCUT2D eigenvalue weighted by Crippen LogP contribution is 2.70. The Hall–Kier alpha value is -3.49. The second-order valence-corrected chi connectivity index (χ2v) is 23.2. The van der Waals surface area contributed by atoms with E-state index in [1.165, 1.54) is 0 Å². The van der Waals surface area contributed by atoms with Gasteiger partial charge in [0.2, 0.25) is 5.79 Å². The molecule has 0 radical (unpaired) electrons. The van der Waals surface area contributed by atoms with E-state index >= 15 is 0 Å². The third kappa shape index (κ3) is 8.75. The largest absolute Gasteiger partial charge is 0.497 e. The van der Waals surface area contributed by atoms with Gasteiger partial charge in [0.25, 0.3) is 0 Å². The fourth-order valence-electron chi connectivity index (χ4n) is 8.94. The van der Waals surface area contributed by atoms with Crippen LogP contribution in [-0.4, -0.2) is 47.4 Å². The summed E-state index contributed by atoms with van der Waals surface area (Å²) < 4.78 is 67.3. The van der Waals surface area contributed by atoms with Crippen LogP contribution in [0.4, 0.5) is 0 Å². The number of allylic oxidation sites excluding steroid dienone is 1. The zero-order valence-electron chi connectivity index (χ0n) is 39.7. The van der Waals surface area contributed by atoms with E-state index in [9.17, 15) is 0 Å². The van der Waals surface area contributed by atoms with Gasteiger partial charge < -0.3 is 36.4 Å². The minimum atomic E-state index is -2.39. The molecule has 2 heterocycles. The summed E-state index contributed by atoms with van der Waals surface area (Å²) in [7, 11) is 2.32. The van der Waals surface area contributed by atoms with Crippen molar-refractivity contribution < 1.29 is 45.4 Å². The maximum Gasteiger partial charge on any atom is 0.390 e. The predicted molar refractivity (Wildman–Crippen MR) is 247 cm³/mol. The molecular formula is C49H68O10P2. The molecule has 1 saturated heterocycles. The van der Waals surface area contributed by atoms with Crippen LogP contribution in [0.15, 0.2) is 74.8 Å². The maximum atomic E-state index is 7.90. The van der Waals surface area contributed by atoms with Crippen molar-refractivity contribution >= 4 is 44.4 Å². The second kappa shape index (κ2) is 16.6. The molecule has 2 aliphatic rings. The maximum absolute atomic E-state index is 7.90. The topological polar surface area (TPSA) is 100 Å². The van der Waals surface area contributed by atoms with Gasteiger partial charge in [-0.15, -0.1) is 0 Å². The van der Waals surface area contributed by atoms with E-state index < -0.39 is 49.7 Å². The molecule has 1 atom stereocenters. The van der Waals surface area contributed by atoms with E-state index in [-0.39, 0.29) is 5.41 Å². The third-order valence-corrected chi connectivity index (χ3v) is 14.0. The zero-order chi connectivity index (χ0) is 45.1. The molecule has 6 rings (SSSR count). The number of methoxy groups -OCH3 is 4. The van der Waals surface area contributed by atoms with Gasteiger partial charge in [-0.3, -0.25) is 4.52 Å². The Morgan fingerprint density at radius 3 is 1.51 bits per heavy atom. The van der Waals surface area contributed by atoms with Crippen LogP contribution < -0.4 is 18.7 Å². The monoisotopic (exact) mass is 878 g/mol. The number of hydrogen-bond donors (Lipinski definition) is 0. The highest BCUT2D eigenvalue weighted by atomic mass is 31.2. The lowest BCUT2D eigenvalue weighted by Gasteiger charge is -2.62. The lowest BCUT2D eigenvalue weighted by atomic mass is 9.47. The molecule has 1 aromatic heterocycles. The van der Waals surface area contributed by atoms with Gasteiger partial charge in [-0.05, 0) is 75.8 Å². The first-order valence-corrected chi connectivity index (χ1v) is 23.1. The Balaban J connectivity index is 1.86. The molecule has 0 N–H and O–H groups in total. The van der Waals surface area contributed by atoms with Crippen LogP contribution in [0.25, 0.3) is 27.5 Å². The van der Waals surface area contributed by atoms with Crippen molar-refractivity contribution in [2.75, 3.05) is 41.7 Å². The number of rotatable bonds is 9. The van der Waals surface area contributed by atoms with E-state index in [1.807, 2.05) is 54.6 Å². The van der Waals surface area contributed by atoms with Crippen LogP contribution >= 0.6 is 16.8 Å². The zero-order valence-corrected chi connectivity index (χ0v) is 41.5. The van der Waals surface area contributed by atoms with E-state index in [1.54, 1.807) is 28.4 Å². The summed E-state index contributed by atoms with van der Waals surface area (Å²) in [5.41, 5.74) is 1.30. The summed E-state index contributed by atoms with van der Waals surface area (Å²) >= 11 is 0. The molecule has 1 fully saturated rings. The fourth-order valence-corrected chi connectivity index (χ4v) is 11.9. The molecule has 0 bridgehead atoms. The van der Waals surface area contributed by atoms with Crippen molar-refractivity contribution in [1.82, 2.24) is 0 Å². The standard InChI is InChI=1S/C49H68O10P2/c1-43(2,3)39-25-33(51-16)23-36-37-24-34(52-17)26-40(44(4,5)6)42(37)57-61(56-41(36)39)59-49(58-60-54-29-47(13,14)30-55-60)38(31-20-19-21-32(22-31)50-15)27-35(53-18)28-48(49,45(7,8)9)46(10,11)12/h19-28H,29-30H2,1-18H3. The minimum Gasteiger partial charge on any atom is -0.497 e. The van der Waals surface area contributed by atoms with Crippen LogP contribution in [0, 0.1) is 21.7 Å². The van der Waals surface area contributed by atoms with Crippen LogP contribution in [0.1, 0.15) is 114 Å². The quantitative estimate of drug-likeness (QED) is 0.119. The van der Waals surface area contributed by atoms with Gasteiger partial charge in [-0.25, -0.2) is 4.52 Å².